The molecule has 2 aromatic heterocycles. The smallest absolute Gasteiger partial charge is 0.214 e. The first-order chi connectivity index (χ1) is 16.5. The summed E-state index contributed by atoms with van der Waals surface area (Å²) in [7, 11) is 4.21. The summed E-state index contributed by atoms with van der Waals surface area (Å²) in [6.45, 7) is 0. The molecule has 0 aliphatic heterocycles. The van der Waals surface area contributed by atoms with Crippen LogP contribution in [-0.2, 0) is 14.1 Å². The number of benzene rings is 2. The van der Waals surface area contributed by atoms with Gasteiger partial charge in [-0.2, -0.15) is 0 Å². The second kappa shape index (κ2) is 13.5. The number of para-hydroxylation sites is 2. The second-order valence-electron chi connectivity index (χ2n) is 8.93. The van der Waals surface area contributed by atoms with E-state index in [2.05, 4.69) is 152 Å². The highest BCUT2D eigenvalue weighted by molar-refractivity contribution is 14.1. The monoisotopic (exact) mass is 698 g/mol. The molecule has 7 heteroatoms. The number of aryl methyl sites for hydroxylation is 2. The standard InChI is InChI=1S/C28H32I2N4.H2O/c1-33-19-17-23(21-11-7-9-13-25(21)33)31-27(29)15-5-3-4-6-16-28(30)32-24-18-20-34(2)26-14-10-8-12-22(24)26;/h7-14,17-20,27-28H,3-6,15-16H2,1-2H3;1H2/p+2. The minimum atomic E-state index is 0. The molecule has 5 nitrogen and oxygen atoms in total. The van der Waals surface area contributed by atoms with Gasteiger partial charge in [-0.25, -0.2) is 9.13 Å². The van der Waals surface area contributed by atoms with E-state index in [0.717, 1.165) is 0 Å². The number of fused-ring (bicyclic) bond motifs is 2. The lowest BCUT2D eigenvalue weighted by molar-refractivity contribution is -0.644. The molecule has 0 aliphatic carbocycles. The number of halogens is 2. The zero-order chi connectivity index (χ0) is 23.9. The van der Waals surface area contributed by atoms with Gasteiger partial charge in [0.05, 0.1) is 30.2 Å². The van der Waals surface area contributed by atoms with Crippen LogP contribution in [0.15, 0.2) is 73.1 Å². The van der Waals surface area contributed by atoms with Gasteiger partial charge in [-0.1, -0.05) is 95.1 Å². The number of pyridine rings is 2. The van der Waals surface area contributed by atoms with E-state index in [1.807, 2.05) is 0 Å². The number of aromatic nitrogens is 2. The van der Waals surface area contributed by atoms with Crippen LogP contribution in [0, 0.1) is 0 Å². The quantitative estimate of drug-likeness (QED) is 0.0645. The number of hydrogen-bond acceptors (Lipinski definition) is 2. The summed E-state index contributed by atoms with van der Waals surface area (Å²) in [4.78, 5) is 0. The van der Waals surface area contributed by atoms with Crippen LogP contribution in [0.25, 0.3) is 21.8 Å². The van der Waals surface area contributed by atoms with Crippen molar-refractivity contribution in [1.29, 1.82) is 0 Å². The SMILES string of the molecule is C[n+]1ccc(NC(I)CCCCCCC(I)Nc2cc[n+](C)c3ccccc23)c2ccccc21.O. The molecule has 0 bridgehead atoms. The molecular weight excluding hydrogens is 662 g/mol. The molecule has 0 spiro atoms. The van der Waals surface area contributed by atoms with Crippen molar-refractivity contribution < 1.29 is 14.6 Å². The zero-order valence-electron chi connectivity index (χ0n) is 20.5. The van der Waals surface area contributed by atoms with Gasteiger partial charge in [0, 0.05) is 24.3 Å². The van der Waals surface area contributed by atoms with Crippen molar-refractivity contribution in [3.05, 3.63) is 73.1 Å². The molecule has 4 aromatic rings. The van der Waals surface area contributed by atoms with E-state index in [1.165, 1.54) is 71.7 Å². The number of nitrogens with one attached hydrogen (secondary N) is 2. The molecule has 0 fully saturated rings. The van der Waals surface area contributed by atoms with Crippen LogP contribution in [-0.4, -0.2) is 13.6 Å². The molecule has 0 radical (unpaired) electrons. The number of alkyl halides is 2. The Balaban J connectivity index is 0.00000342. The van der Waals surface area contributed by atoms with Gasteiger partial charge >= 0.3 is 0 Å². The first-order valence-corrected chi connectivity index (χ1v) is 14.6. The summed E-state index contributed by atoms with van der Waals surface area (Å²) >= 11 is 5.10. The van der Waals surface area contributed by atoms with Crippen molar-refractivity contribution in [1.82, 2.24) is 0 Å². The fourth-order valence-corrected chi connectivity index (χ4v) is 6.02. The number of hydrogen-bond donors (Lipinski definition) is 2. The lowest BCUT2D eigenvalue weighted by Gasteiger charge is -2.16. The minimum Gasteiger partial charge on any atom is -0.412 e. The van der Waals surface area contributed by atoms with Gasteiger partial charge in [0.15, 0.2) is 12.4 Å². The van der Waals surface area contributed by atoms with Gasteiger partial charge in [-0.15, -0.1) is 0 Å². The van der Waals surface area contributed by atoms with Crippen LogP contribution >= 0.6 is 45.2 Å². The van der Waals surface area contributed by atoms with Crippen LogP contribution in [0.3, 0.4) is 0 Å². The average Bonchev–Trinajstić information content (AvgIpc) is 2.85. The Morgan fingerprint density at radius 1 is 0.629 bits per heavy atom. The number of unbranched alkanes of at least 4 members (excludes halogenated alkanes) is 3. The van der Waals surface area contributed by atoms with E-state index in [4.69, 9.17) is 0 Å². The maximum atomic E-state index is 3.73. The maximum absolute atomic E-state index is 3.73. The van der Waals surface area contributed by atoms with Crippen molar-refractivity contribution in [2.75, 3.05) is 10.6 Å². The molecule has 4 N–H and O–H groups in total. The van der Waals surface area contributed by atoms with E-state index < -0.39 is 0 Å². The zero-order valence-corrected chi connectivity index (χ0v) is 24.8. The summed E-state index contributed by atoms with van der Waals surface area (Å²) in [6.07, 6.45) is 11.8. The predicted octanol–water partition coefficient (Wildman–Crippen LogP) is 6.20. The minimum absolute atomic E-state index is 0. The molecule has 0 saturated carbocycles. The molecule has 4 rings (SSSR count). The normalized spacial score (nSPS) is 12.8. The number of anilines is 2. The summed E-state index contributed by atoms with van der Waals surface area (Å²) < 4.78 is 5.25. The van der Waals surface area contributed by atoms with Crippen molar-refractivity contribution in [3.8, 4) is 0 Å². The van der Waals surface area contributed by atoms with E-state index in [9.17, 15) is 0 Å². The molecule has 2 atom stereocenters. The summed E-state index contributed by atoms with van der Waals surface area (Å²) in [6, 6.07) is 21.6. The Morgan fingerprint density at radius 2 is 1.03 bits per heavy atom. The van der Waals surface area contributed by atoms with Crippen molar-refractivity contribution >= 4 is 78.4 Å². The predicted molar refractivity (Wildman–Crippen MR) is 164 cm³/mol. The van der Waals surface area contributed by atoms with Gasteiger partial charge in [-0.05, 0) is 25.0 Å². The highest BCUT2D eigenvalue weighted by Gasteiger charge is 2.13. The molecule has 2 heterocycles. The Kier molecular flexibility index (Phi) is 10.8. The molecule has 0 amide bonds. The van der Waals surface area contributed by atoms with Gasteiger partial charge in [0.2, 0.25) is 11.0 Å². The lowest BCUT2D eigenvalue weighted by atomic mass is 10.1. The Morgan fingerprint density at radius 3 is 1.46 bits per heavy atom. The third kappa shape index (κ3) is 7.39. The molecular formula is C28H36I2N4O+2. The van der Waals surface area contributed by atoms with Crippen LogP contribution < -0.4 is 19.8 Å². The van der Waals surface area contributed by atoms with E-state index in [1.54, 1.807) is 0 Å². The molecule has 2 unspecified atom stereocenters. The van der Waals surface area contributed by atoms with E-state index >= 15 is 0 Å². The summed E-state index contributed by atoms with van der Waals surface area (Å²) in [5.41, 5.74) is 4.98. The number of nitrogens with zero attached hydrogens (tertiary/aromatic N) is 2. The third-order valence-electron chi connectivity index (χ3n) is 6.37. The van der Waals surface area contributed by atoms with Crippen molar-refractivity contribution in [2.24, 2.45) is 14.1 Å². The Hall–Kier alpha value is -1.72. The topological polar surface area (TPSA) is 63.3 Å². The third-order valence-corrected chi connectivity index (χ3v) is 8.24. The summed E-state index contributed by atoms with van der Waals surface area (Å²) in [5.74, 6) is 0. The molecule has 2 aromatic carbocycles. The van der Waals surface area contributed by atoms with Gasteiger partial charge in [0.1, 0.15) is 14.1 Å². The van der Waals surface area contributed by atoms with Gasteiger partial charge < -0.3 is 16.1 Å². The summed E-state index contributed by atoms with van der Waals surface area (Å²) in [5, 5.41) is 10.0. The first-order valence-electron chi connectivity index (χ1n) is 12.1. The Bertz CT molecular complexity index is 1150. The number of rotatable bonds is 11. The molecule has 35 heavy (non-hydrogen) atoms. The van der Waals surface area contributed by atoms with Crippen LogP contribution in [0.2, 0.25) is 0 Å². The van der Waals surface area contributed by atoms with Gasteiger partial charge in [0.25, 0.3) is 0 Å². The Labute approximate surface area is 235 Å². The maximum Gasteiger partial charge on any atom is 0.214 e. The van der Waals surface area contributed by atoms with E-state index in [0.29, 0.717) is 8.10 Å². The fourth-order valence-electron chi connectivity index (χ4n) is 4.46. The highest BCUT2D eigenvalue weighted by Crippen LogP contribution is 2.25. The largest absolute Gasteiger partial charge is 0.412 e. The molecule has 0 saturated heterocycles. The fraction of sp³-hybridized carbons (Fsp3) is 0.357. The highest BCUT2D eigenvalue weighted by atomic mass is 127. The van der Waals surface area contributed by atoms with Crippen LogP contribution in [0.5, 0.6) is 0 Å². The first kappa shape index (κ1) is 27.9. The van der Waals surface area contributed by atoms with Crippen LogP contribution in [0.1, 0.15) is 38.5 Å². The second-order valence-corrected chi connectivity index (χ2v) is 11.9. The van der Waals surface area contributed by atoms with Gasteiger partial charge in [-0.3, -0.25) is 0 Å². The lowest BCUT2D eigenvalue weighted by Crippen LogP contribution is -2.28. The average molecular weight is 698 g/mol. The molecule has 0 aliphatic rings. The van der Waals surface area contributed by atoms with Crippen molar-refractivity contribution in [3.63, 3.8) is 0 Å². The van der Waals surface area contributed by atoms with Crippen LogP contribution in [0.4, 0.5) is 11.4 Å². The van der Waals surface area contributed by atoms with Crippen molar-refractivity contribution in [2.45, 2.75) is 46.6 Å². The van der Waals surface area contributed by atoms with E-state index in [-0.39, 0.29) is 5.48 Å². The molecule has 186 valence electrons.